The Morgan fingerprint density at radius 1 is 1.42 bits per heavy atom. The first-order chi connectivity index (χ1) is 5.43. The highest BCUT2D eigenvalue weighted by Gasteiger charge is 2.15. The minimum Gasteiger partial charge on any atom is -0.282 e. The third kappa shape index (κ3) is 1.98. The smallest absolute Gasteiger partial charge is 0.282 e. The first-order valence-corrected chi connectivity index (χ1v) is 5.45. The van der Waals surface area contributed by atoms with Crippen LogP contribution in [0.15, 0.2) is 27.6 Å². The molecule has 6 heteroatoms. The number of rotatable bonds is 1. The summed E-state index contributed by atoms with van der Waals surface area (Å²) in [5.74, 6) is 0. The molecule has 0 bridgehead atoms. The first kappa shape index (κ1) is 9.98. The standard InChI is InChI=1S/C6H4BrClO3S/c7-6-4(8)2-1-3-5(6)12(9,10)11/h1-3H,(H,9,10,11). The van der Waals surface area contributed by atoms with Gasteiger partial charge in [-0.2, -0.15) is 8.42 Å². The quantitative estimate of drug-likeness (QED) is 0.798. The zero-order valence-corrected chi connectivity index (χ0v) is 8.82. The first-order valence-electron chi connectivity index (χ1n) is 2.84. The molecule has 1 N–H and O–H groups in total. The lowest BCUT2D eigenvalue weighted by molar-refractivity contribution is 0.482. The van der Waals surface area contributed by atoms with Crippen LogP contribution in [-0.4, -0.2) is 13.0 Å². The molecule has 3 nitrogen and oxygen atoms in total. The van der Waals surface area contributed by atoms with E-state index < -0.39 is 10.1 Å². The highest BCUT2D eigenvalue weighted by atomic mass is 79.9. The third-order valence-corrected chi connectivity index (χ3v) is 3.75. The van der Waals surface area contributed by atoms with E-state index in [0.717, 1.165) is 0 Å². The van der Waals surface area contributed by atoms with Gasteiger partial charge in [-0.1, -0.05) is 17.7 Å². The highest BCUT2D eigenvalue weighted by Crippen LogP contribution is 2.28. The van der Waals surface area contributed by atoms with Crippen LogP contribution in [0.5, 0.6) is 0 Å². The molecule has 0 aliphatic carbocycles. The maximum Gasteiger partial charge on any atom is 0.295 e. The van der Waals surface area contributed by atoms with Crippen molar-refractivity contribution in [3.63, 3.8) is 0 Å². The molecule has 0 aromatic heterocycles. The summed E-state index contributed by atoms with van der Waals surface area (Å²) in [6.07, 6.45) is 0. The largest absolute Gasteiger partial charge is 0.295 e. The van der Waals surface area contributed by atoms with Gasteiger partial charge in [-0.3, -0.25) is 4.55 Å². The third-order valence-electron chi connectivity index (χ3n) is 1.19. The number of benzene rings is 1. The SMILES string of the molecule is O=S(=O)(O)c1cccc(Cl)c1Br. The molecule has 12 heavy (non-hydrogen) atoms. The Hall–Kier alpha value is -0.100. The Morgan fingerprint density at radius 3 is 2.42 bits per heavy atom. The minimum atomic E-state index is -4.19. The van der Waals surface area contributed by atoms with Crippen molar-refractivity contribution >= 4 is 37.6 Å². The average molecular weight is 272 g/mol. The molecule has 1 rings (SSSR count). The Balaban J connectivity index is 3.47. The molecule has 0 radical (unpaired) electrons. The molecule has 0 heterocycles. The lowest BCUT2D eigenvalue weighted by Crippen LogP contribution is -1.98. The van der Waals surface area contributed by atoms with Gasteiger partial charge >= 0.3 is 0 Å². The second kappa shape index (κ2) is 3.33. The number of hydrogen-bond donors (Lipinski definition) is 1. The molecule has 0 aliphatic heterocycles. The number of hydrogen-bond acceptors (Lipinski definition) is 2. The maximum absolute atomic E-state index is 10.7. The van der Waals surface area contributed by atoms with E-state index in [9.17, 15) is 8.42 Å². The van der Waals surface area contributed by atoms with E-state index in [4.69, 9.17) is 16.2 Å². The zero-order chi connectivity index (χ0) is 9.35. The van der Waals surface area contributed by atoms with Gasteiger partial charge in [-0.25, -0.2) is 0 Å². The summed E-state index contributed by atoms with van der Waals surface area (Å²) in [7, 11) is -4.19. The van der Waals surface area contributed by atoms with Crippen LogP contribution >= 0.6 is 27.5 Å². The van der Waals surface area contributed by atoms with E-state index in [2.05, 4.69) is 15.9 Å². The van der Waals surface area contributed by atoms with Crippen LogP contribution in [0.4, 0.5) is 0 Å². The fourth-order valence-corrected chi connectivity index (χ4v) is 2.38. The molecule has 0 saturated carbocycles. The van der Waals surface area contributed by atoms with E-state index in [1.54, 1.807) is 0 Å². The molecule has 0 aliphatic rings. The minimum absolute atomic E-state index is 0.175. The van der Waals surface area contributed by atoms with Crippen LogP contribution in [0.25, 0.3) is 0 Å². The van der Waals surface area contributed by atoms with Crippen molar-refractivity contribution in [1.29, 1.82) is 0 Å². The van der Waals surface area contributed by atoms with Gasteiger partial charge in [0, 0.05) is 0 Å². The summed E-state index contributed by atoms with van der Waals surface area (Å²) in [6, 6.07) is 4.21. The van der Waals surface area contributed by atoms with Crippen molar-refractivity contribution in [3.8, 4) is 0 Å². The summed E-state index contributed by atoms with van der Waals surface area (Å²) in [6.45, 7) is 0. The van der Waals surface area contributed by atoms with Crippen molar-refractivity contribution in [2.75, 3.05) is 0 Å². The average Bonchev–Trinajstić information content (AvgIpc) is 1.92. The van der Waals surface area contributed by atoms with Crippen LogP contribution in [-0.2, 0) is 10.1 Å². The molecular weight excluding hydrogens is 267 g/mol. The van der Waals surface area contributed by atoms with E-state index in [1.165, 1.54) is 18.2 Å². The second-order valence-electron chi connectivity index (χ2n) is 2.03. The summed E-state index contributed by atoms with van der Waals surface area (Å²) in [5.41, 5.74) is 0. The lowest BCUT2D eigenvalue weighted by Gasteiger charge is -2.00. The normalized spacial score (nSPS) is 11.6. The Labute approximate surface area is 83.2 Å². The Bertz CT molecular complexity index is 401. The molecule has 0 unspecified atom stereocenters. The summed E-state index contributed by atoms with van der Waals surface area (Å²) >= 11 is 8.54. The van der Waals surface area contributed by atoms with Gasteiger partial charge in [0.2, 0.25) is 0 Å². The molecule has 1 aromatic rings. The predicted octanol–water partition coefficient (Wildman–Crippen LogP) is 2.35. The van der Waals surface area contributed by atoms with E-state index >= 15 is 0 Å². The van der Waals surface area contributed by atoms with Gasteiger partial charge in [0.25, 0.3) is 10.1 Å². The molecule has 0 spiro atoms. The van der Waals surface area contributed by atoms with E-state index in [-0.39, 0.29) is 14.4 Å². The van der Waals surface area contributed by atoms with Crippen LogP contribution in [0.1, 0.15) is 0 Å². The molecule has 0 amide bonds. The lowest BCUT2D eigenvalue weighted by atomic mass is 10.4. The van der Waals surface area contributed by atoms with E-state index in [1.807, 2.05) is 0 Å². The van der Waals surface area contributed by atoms with Crippen molar-refractivity contribution in [1.82, 2.24) is 0 Å². The summed E-state index contributed by atoms with van der Waals surface area (Å²) < 4.78 is 30.2. The topological polar surface area (TPSA) is 54.4 Å². The summed E-state index contributed by atoms with van der Waals surface area (Å²) in [4.78, 5) is -0.227. The van der Waals surface area contributed by atoms with Gasteiger partial charge in [0.05, 0.1) is 9.50 Å². The van der Waals surface area contributed by atoms with Crippen LogP contribution in [0, 0.1) is 0 Å². The Morgan fingerprint density at radius 2 is 2.00 bits per heavy atom. The van der Waals surface area contributed by atoms with E-state index in [0.29, 0.717) is 0 Å². The predicted molar refractivity (Wildman–Crippen MR) is 49.0 cm³/mol. The van der Waals surface area contributed by atoms with Crippen molar-refractivity contribution < 1.29 is 13.0 Å². The monoisotopic (exact) mass is 270 g/mol. The van der Waals surface area contributed by atoms with Gasteiger partial charge in [0.15, 0.2) is 0 Å². The molecule has 0 saturated heterocycles. The van der Waals surface area contributed by atoms with Crippen LogP contribution < -0.4 is 0 Å². The molecule has 66 valence electrons. The molecule has 0 fully saturated rings. The van der Waals surface area contributed by atoms with Gasteiger partial charge in [-0.05, 0) is 28.1 Å². The maximum atomic E-state index is 10.7. The fourth-order valence-electron chi connectivity index (χ4n) is 0.683. The molecular formula is C6H4BrClO3S. The van der Waals surface area contributed by atoms with Crippen molar-refractivity contribution in [2.45, 2.75) is 4.90 Å². The van der Waals surface area contributed by atoms with Crippen LogP contribution in [0.2, 0.25) is 5.02 Å². The van der Waals surface area contributed by atoms with Gasteiger partial charge < -0.3 is 0 Å². The number of halogens is 2. The van der Waals surface area contributed by atoms with Crippen LogP contribution in [0.3, 0.4) is 0 Å². The highest BCUT2D eigenvalue weighted by molar-refractivity contribution is 9.10. The van der Waals surface area contributed by atoms with Gasteiger partial charge in [-0.15, -0.1) is 0 Å². The molecule has 1 aromatic carbocycles. The van der Waals surface area contributed by atoms with Crippen molar-refractivity contribution in [2.24, 2.45) is 0 Å². The fraction of sp³-hybridized carbons (Fsp3) is 0. The summed E-state index contributed by atoms with van der Waals surface area (Å²) in [5, 5.41) is 0.241. The molecule has 0 atom stereocenters. The van der Waals surface area contributed by atoms with Crippen molar-refractivity contribution in [3.05, 3.63) is 27.7 Å². The second-order valence-corrected chi connectivity index (χ2v) is 4.62. The zero-order valence-electron chi connectivity index (χ0n) is 5.66. The Kier molecular flexibility index (Phi) is 2.77. The van der Waals surface area contributed by atoms with Gasteiger partial charge in [0.1, 0.15) is 4.90 Å².